The van der Waals surface area contributed by atoms with Crippen LogP contribution in [0.1, 0.15) is 25.3 Å². The van der Waals surface area contributed by atoms with E-state index in [-0.39, 0.29) is 16.8 Å². The van der Waals surface area contributed by atoms with Crippen molar-refractivity contribution in [2.24, 2.45) is 10.9 Å². The third kappa shape index (κ3) is 3.24. The van der Waals surface area contributed by atoms with E-state index in [1.165, 1.54) is 6.92 Å². The first kappa shape index (κ1) is 18.6. The van der Waals surface area contributed by atoms with Gasteiger partial charge >= 0.3 is 11.9 Å². The van der Waals surface area contributed by atoms with E-state index in [1.807, 2.05) is 0 Å². The molecule has 1 aliphatic rings. The quantitative estimate of drug-likeness (QED) is 0.844. The molecule has 0 saturated heterocycles. The van der Waals surface area contributed by atoms with Crippen LogP contribution in [0.15, 0.2) is 28.4 Å². The highest BCUT2D eigenvalue weighted by Gasteiger charge is 2.42. The second kappa shape index (κ2) is 7.00. The lowest BCUT2D eigenvalue weighted by atomic mass is 9.75. The zero-order valence-electron chi connectivity index (χ0n) is 14.1. The van der Waals surface area contributed by atoms with Crippen LogP contribution >= 0.6 is 0 Å². The number of rotatable bonds is 3. The molecule has 1 aliphatic heterocycles. The third-order valence-corrected chi connectivity index (χ3v) is 4.09. The molecule has 1 aromatic rings. The van der Waals surface area contributed by atoms with E-state index in [9.17, 15) is 23.5 Å². The monoisotopic (exact) mass is 353 g/mol. The maximum absolute atomic E-state index is 13.8. The van der Waals surface area contributed by atoms with Gasteiger partial charge in [0.15, 0.2) is 17.4 Å². The van der Waals surface area contributed by atoms with Crippen molar-refractivity contribution in [3.8, 4) is 5.75 Å². The van der Waals surface area contributed by atoms with Crippen LogP contribution in [0, 0.1) is 17.6 Å². The van der Waals surface area contributed by atoms with E-state index in [0.717, 1.165) is 26.4 Å². The Bertz CT molecular complexity index is 777. The van der Waals surface area contributed by atoms with Gasteiger partial charge in [0.1, 0.15) is 5.92 Å². The number of phenolic OH excluding ortho intramolecular Hbond substituents is 1. The lowest BCUT2D eigenvalue weighted by Crippen LogP contribution is -2.36. The Morgan fingerprint density at radius 2 is 1.68 bits per heavy atom. The Labute approximate surface area is 142 Å². The van der Waals surface area contributed by atoms with Crippen molar-refractivity contribution in [3.63, 3.8) is 0 Å². The number of hydrogen-bond acceptors (Lipinski definition) is 6. The average Bonchev–Trinajstić information content (AvgIpc) is 2.57. The molecule has 2 unspecified atom stereocenters. The van der Waals surface area contributed by atoms with Gasteiger partial charge in [0.05, 0.1) is 19.8 Å². The highest BCUT2D eigenvalue weighted by molar-refractivity contribution is 6.06. The number of carbonyl (C=O) groups is 2. The van der Waals surface area contributed by atoms with Gasteiger partial charge in [-0.05, 0) is 31.5 Å². The summed E-state index contributed by atoms with van der Waals surface area (Å²) >= 11 is 0. The number of benzene rings is 1. The minimum atomic E-state index is -1.21. The fourth-order valence-corrected chi connectivity index (χ4v) is 2.97. The molecule has 0 aromatic heterocycles. The zero-order chi connectivity index (χ0) is 18.9. The van der Waals surface area contributed by atoms with Crippen LogP contribution in [-0.2, 0) is 19.1 Å². The number of carbonyl (C=O) groups excluding carboxylic acids is 2. The zero-order valence-corrected chi connectivity index (χ0v) is 14.1. The van der Waals surface area contributed by atoms with Crippen LogP contribution in [-0.4, -0.2) is 37.0 Å². The number of allylic oxidation sites excluding steroid dienone is 1. The van der Waals surface area contributed by atoms with E-state index >= 15 is 0 Å². The second-order valence-electron chi connectivity index (χ2n) is 5.56. The van der Waals surface area contributed by atoms with Gasteiger partial charge in [-0.1, -0.05) is 0 Å². The number of phenols is 1. The summed E-state index contributed by atoms with van der Waals surface area (Å²) < 4.78 is 37.2. The maximum Gasteiger partial charge on any atom is 0.336 e. The number of ether oxygens (including phenoxy) is 2. The standard InChI is InChI=1S/C17H17F2NO5/c1-7-12(16(22)24-3)14(13(8(2)20-7)17(23)25-4)9-5-10(18)15(21)11(19)6-9/h5-6,12,14,21H,1-4H3. The number of esters is 2. The van der Waals surface area contributed by atoms with Crippen LogP contribution in [0.4, 0.5) is 8.78 Å². The second-order valence-corrected chi connectivity index (χ2v) is 5.56. The summed E-state index contributed by atoms with van der Waals surface area (Å²) in [6, 6.07) is 1.74. The summed E-state index contributed by atoms with van der Waals surface area (Å²) in [7, 11) is 2.31. The molecule has 25 heavy (non-hydrogen) atoms. The molecule has 1 aromatic carbocycles. The maximum atomic E-state index is 13.8. The van der Waals surface area contributed by atoms with Gasteiger partial charge in [0.25, 0.3) is 0 Å². The Morgan fingerprint density at radius 3 is 2.16 bits per heavy atom. The molecule has 8 heteroatoms. The number of aliphatic imine (C=N–C) groups is 1. The van der Waals surface area contributed by atoms with Gasteiger partial charge in [-0.2, -0.15) is 0 Å². The molecule has 0 fully saturated rings. The lowest BCUT2D eigenvalue weighted by Gasteiger charge is -2.31. The number of aromatic hydroxyl groups is 1. The summed E-state index contributed by atoms with van der Waals surface area (Å²) in [5.41, 5.74) is 0.574. The Balaban J connectivity index is 2.75. The first-order valence-electron chi connectivity index (χ1n) is 7.32. The van der Waals surface area contributed by atoms with Gasteiger partial charge in [0.2, 0.25) is 0 Å². The predicted octanol–water partition coefficient (Wildman–Crippen LogP) is 2.46. The topological polar surface area (TPSA) is 85.2 Å². The molecule has 1 heterocycles. The summed E-state index contributed by atoms with van der Waals surface area (Å²) in [5.74, 6) is -7.18. The molecule has 134 valence electrons. The number of methoxy groups -OCH3 is 2. The van der Waals surface area contributed by atoms with Crippen molar-refractivity contribution in [1.82, 2.24) is 0 Å². The molecule has 0 radical (unpaired) electrons. The fraction of sp³-hybridized carbons (Fsp3) is 0.353. The number of halogens is 2. The minimum Gasteiger partial charge on any atom is -0.503 e. The van der Waals surface area contributed by atoms with Gasteiger partial charge in [-0.3, -0.25) is 9.79 Å². The smallest absolute Gasteiger partial charge is 0.336 e. The SMILES string of the molecule is COC(=O)C1=C(C)N=C(C)C(C(=O)OC)C1c1cc(F)c(O)c(F)c1. The molecule has 0 amide bonds. The van der Waals surface area contributed by atoms with Crippen molar-refractivity contribution < 1.29 is 33.0 Å². The molecule has 0 spiro atoms. The summed E-state index contributed by atoms with van der Waals surface area (Å²) in [4.78, 5) is 28.6. The molecular weight excluding hydrogens is 336 g/mol. The predicted molar refractivity (Wildman–Crippen MR) is 84.1 cm³/mol. The Kier molecular flexibility index (Phi) is 5.20. The molecular formula is C17H17F2NO5. The highest BCUT2D eigenvalue weighted by Crippen LogP contribution is 2.41. The Hall–Kier alpha value is -2.77. The lowest BCUT2D eigenvalue weighted by molar-refractivity contribution is -0.143. The van der Waals surface area contributed by atoms with Gasteiger partial charge in [-0.25, -0.2) is 13.6 Å². The van der Waals surface area contributed by atoms with Crippen LogP contribution in [0.2, 0.25) is 0 Å². The van der Waals surface area contributed by atoms with E-state index in [4.69, 9.17) is 9.47 Å². The van der Waals surface area contributed by atoms with Crippen molar-refractivity contribution >= 4 is 17.7 Å². The summed E-state index contributed by atoms with van der Waals surface area (Å²) in [5, 5.41) is 9.31. The van der Waals surface area contributed by atoms with Crippen LogP contribution in [0.3, 0.4) is 0 Å². The highest BCUT2D eigenvalue weighted by atomic mass is 19.1. The van der Waals surface area contributed by atoms with Crippen molar-refractivity contribution in [1.29, 1.82) is 0 Å². The molecule has 0 bridgehead atoms. The first-order valence-corrected chi connectivity index (χ1v) is 7.32. The number of hydrogen-bond donors (Lipinski definition) is 1. The van der Waals surface area contributed by atoms with E-state index in [0.29, 0.717) is 5.71 Å². The fourth-order valence-electron chi connectivity index (χ4n) is 2.97. The minimum absolute atomic E-state index is 0.00649. The van der Waals surface area contributed by atoms with Crippen LogP contribution < -0.4 is 0 Å². The molecule has 6 nitrogen and oxygen atoms in total. The summed E-state index contributed by atoms with van der Waals surface area (Å²) in [6.45, 7) is 3.09. The molecule has 2 rings (SSSR count). The molecule has 0 saturated carbocycles. The number of nitrogens with zero attached hydrogens (tertiary/aromatic N) is 1. The van der Waals surface area contributed by atoms with Gasteiger partial charge in [-0.15, -0.1) is 0 Å². The average molecular weight is 353 g/mol. The molecule has 2 atom stereocenters. The van der Waals surface area contributed by atoms with Crippen molar-refractivity contribution in [2.75, 3.05) is 14.2 Å². The first-order chi connectivity index (χ1) is 11.7. The summed E-state index contributed by atoms with van der Waals surface area (Å²) in [6.07, 6.45) is 0. The third-order valence-electron chi connectivity index (χ3n) is 4.09. The van der Waals surface area contributed by atoms with E-state index < -0.39 is 41.2 Å². The van der Waals surface area contributed by atoms with Crippen molar-refractivity contribution in [2.45, 2.75) is 19.8 Å². The van der Waals surface area contributed by atoms with E-state index in [1.54, 1.807) is 6.92 Å². The normalized spacial score (nSPS) is 20.2. The molecule has 0 aliphatic carbocycles. The van der Waals surface area contributed by atoms with Crippen molar-refractivity contribution in [3.05, 3.63) is 40.6 Å². The van der Waals surface area contributed by atoms with E-state index in [2.05, 4.69) is 4.99 Å². The van der Waals surface area contributed by atoms with Crippen LogP contribution in [0.5, 0.6) is 5.75 Å². The molecule has 1 N–H and O–H groups in total. The van der Waals surface area contributed by atoms with Gasteiger partial charge in [0, 0.05) is 17.3 Å². The van der Waals surface area contributed by atoms with Gasteiger partial charge < -0.3 is 14.6 Å². The van der Waals surface area contributed by atoms with Crippen LogP contribution in [0.25, 0.3) is 0 Å². The largest absolute Gasteiger partial charge is 0.503 e. The Morgan fingerprint density at radius 1 is 1.12 bits per heavy atom.